The zero-order chi connectivity index (χ0) is 38.4. The maximum atomic E-state index is 14.3. The van der Waals surface area contributed by atoms with Crippen LogP contribution in [0.3, 0.4) is 0 Å². The van der Waals surface area contributed by atoms with Crippen LogP contribution >= 0.6 is 15.9 Å². The molecule has 4 aromatic carbocycles. The van der Waals surface area contributed by atoms with Gasteiger partial charge in [-0.25, -0.2) is 8.42 Å². The third-order valence-electron chi connectivity index (χ3n) is 8.02. The summed E-state index contributed by atoms with van der Waals surface area (Å²) in [5.41, 5.74) is -3.31. The van der Waals surface area contributed by atoms with Gasteiger partial charge in [0.05, 0.1) is 44.7 Å². The average molecular weight is 859 g/mol. The number of benzene rings is 4. The van der Waals surface area contributed by atoms with Crippen molar-refractivity contribution < 1.29 is 65.1 Å². The lowest BCUT2D eigenvalue weighted by molar-refractivity contribution is -0.139. The molecular formula is C32H26BrF6NO9S3. The number of sulfonamides is 1. The molecule has 1 heterocycles. The number of fused-ring (bicyclic) bond motifs is 1. The fraction of sp³-hybridized carbons (Fsp3) is 0.250. The van der Waals surface area contributed by atoms with Crippen LogP contribution in [-0.4, -0.2) is 49.1 Å². The van der Waals surface area contributed by atoms with Crippen molar-refractivity contribution in [1.29, 1.82) is 0 Å². The number of alkyl halides is 6. The predicted octanol–water partition coefficient (Wildman–Crippen LogP) is 7.26. The van der Waals surface area contributed by atoms with Crippen molar-refractivity contribution in [2.75, 3.05) is 17.5 Å². The van der Waals surface area contributed by atoms with Crippen LogP contribution in [-0.2, 0) is 53.2 Å². The summed E-state index contributed by atoms with van der Waals surface area (Å²) >= 11 is 3.19. The van der Waals surface area contributed by atoms with Gasteiger partial charge in [0.25, 0.3) is 30.3 Å². The van der Waals surface area contributed by atoms with Crippen molar-refractivity contribution in [2.24, 2.45) is 5.92 Å². The topological polar surface area (TPSA) is 144 Å². The van der Waals surface area contributed by atoms with E-state index in [1.54, 1.807) is 6.92 Å². The van der Waals surface area contributed by atoms with E-state index in [4.69, 9.17) is 8.92 Å². The van der Waals surface area contributed by atoms with Crippen molar-refractivity contribution in [3.05, 3.63) is 112 Å². The monoisotopic (exact) mass is 857 g/mol. The highest BCUT2D eigenvalue weighted by Crippen LogP contribution is 2.43. The third kappa shape index (κ3) is 8.57. The Morgan fingerprint density at radius 2 is 1.52 bits per heavy atom. The molecule has 52 heavy (non-hydrogen) atoms. The molecule has 1 aliphatic rings. The second kappa shape index (κ2) is 14.3. The number of nitrogens with zero attached hydrogens (tertiary/aromatic N) is 1. The lowest BCUT2D eigenvalue weighted by Crippen LogP contribution is -2.48. The Morgan fingerprint density at radius 1 is 0.865 bits per heavy atom. The fourth-order valence-electron chi connectivity index (χ4n) is 5.47. The highest BCUT2D eigenvalue weighted by Gasteiger charge is 2.42. The quantitative estimate of drug-likeness (QED) is 0.0990. The Bertz CT molecular complexity index is 2320. The van der Waals surface area contributed by atoms with Gasteiger partial charge in [0.1, 0.15) is 11.9 Å². The van der Waals surface area contributed by atoms with E-state index < -0.39 is 101 Å². The number of aryl methyl sites for hydroxylation is 1. The Labute approximate surface area is 303 Å². The van der Waals surface area contributed by atoms with Crippen LogP contribution in [0.4, 0.5) is 32.0 Å². The van der Waals surface area contributed by atoms with Gasteiger partial charge < -0.3 is 4.74 Å². The van der Waals surface area contributed by atoms with Crippen molar-refractivity contribution in [2.45, 2.75) is 46.5 Å². The van der Waals surface area contributed by atoms with Gasteiger partial charge in [-0.15, -0.1) is 0 Å². The summed E-state index contributed by atoms with van der Waals surface area (Å²) in [7, 11) is -14.9. The lowest BCUT2D eigenvalue weighted by Gasteiger charge is -2.39. The largest absolute Gasteiger partial charge is 0.486 e. The predicted molar refractivity (Wildman–Crippen MR) is 177 cm³/mol. The van der Waals surface area contributed by atoms with Crippen LogP contribution in [0.5, 0.6) is 5.75 Å². The molecule has 0 fully saturated rings. The average Bonchev–Trinajstić information content (AvgIpc) is 3.05. The first-order valence-corrected chi connectivity index (χ1v) is 19.9. The Kier molecular flexibility index (Phi) is 10.8. The second-order valence-electron chi connectivity index (χ2n) is 11.6. The molecule has 0 radical (unpaired) electrons. The number of anilines is 1. The van der Waals surface area contributed by atoms with Crippen LogP contribution < -0.4 is 9.04 Å². The molecule has 1 N–H and O–H groups in total. The summed E-state index contributed by atoms with van der Waals surface area (Å²) in [4.78, 5) is -2.32. The normalized spacial score (nSPS) is 16.2. The van der Waals surface area contributed by atoms with Gasteiger partial charge in [-0.2, -0.15) is 43.2 Å². The summed E-state index contributed by atoms with van der Waals surface area (Å²) in [5.74, 6) is -1.85. The van der Waals surface area contributed by atoms with Crippen molar-refractivity contribution >= 4 is 51.9 Å². The maximum absolute atomic E-state index is 14.3. The molecule has 1 aliphatic heterocycles. The lowest BCUT2D eigenvalue weighted by atomic mass is 9.91. The van der Waals surface area contributed by atoms with Gasteiger partial charge in [0.15, 0.2) is 0 Å². The van der Waals surface area contributed by atoms with E-state index in [2.05, 4.69) is 15.9 Å². The summed E-state index contributed by atoms with van der Waals surface area (Å²) in [6.45, 7) is -0.161. The first-order chi connectivity index (χ1) is 24.0. The highest BCUT2D eigenvalue weighted by molar-refractivity contribution is 9.10. The standard InChI is InChI=1S/C32H26BrF6NO9S3/c1-19-8-11-23(12-9-19)52(46,47)48-18-20(14-25-26(32(37,38)39)6-3-7-30(25)51(43,44)45)29-17-40(27-16-22(33)10-13-28(27)49-29)50(41,42)24-5-2-4-21(15-24)31(34,35)36/h2-13,15-16,20,29H,14,17-18H2,1H3,(H,43,44,45)/t20?,29-/m1/s1. The van der Waals surface area contributed by atoms with Crippen LogP contribution in [0.1, 0.15) is 22.3 Å². The van der Waals surface area contributed by atoms with E-state index in [0.29, 0.717) is 38.6 Å². The molecule has 4 aromatic rings. The van der Waals surface area contributed by atoms with Crippen molar-refractivity contribution in [3.63, 3.8) is 0 Å². The summed E-state index contributed by atoms with van der Waals surface area (Å²) in [5, 5.41) is 0. The summed E-state index contributed by atoms with van der Waals surface area (Å²) in [6.07, 6.45) is -12.8. The second-order valence-corrected chi connectivity index (χ2v) is 17.4. The number of hydrogen-bond donors (Lipinski definition) is 1. The zero-order valence-electron chi connectivity index (χ0n) is 26.4. The van der Waals surface area contributed by atoms with Crippen LogP contribution in [0.15, 0.2) is 104 Å². The minimum Gasteiger partial charge on any atom is -0.486 e. The molecule has 280 valence electrons. The first-order valence-electron chi connectivity index (χ1n) is 14.8. The SMILES string of the molecule is Cc1ccc(S(=O)(=O)OCC(Cc2c(C(F)(F)F)cccc2S(=O)(=O)O)[C@H]2CN(S(=O)(=O)c3cccc(C(F)(F)F)c3)c3cc(Br)ccc3O2)cc1. The zero-order valence-corrected chi connectivity index (χ0v) is 30.4. The van der Waals surface area contributed by atoms with E-state index in [0.717, 1.165) is 18.2 Å². The van der Waals surface area contributed by atoms with Gasteiger partial charge in [0, 0.05) is 10.4 Å². The Morgan fingerprint density at radius 3 is 2.13 bits per heavy atom. The molecule has 0 saturated carbocycles. The molecule has 10 nitrogen and oxygen atoms in total. The van der Waals surface area contributed by atoms with E-state index >= 15 is 0 Å². The van der Waals surface area contributed by atoms with Crippen molar-refractivity contribution in [3.8, 4) is 5.75 Å². The van der Waals surface area contributed by atoms with Gasteiger partial charge in [-0.1, -0.05) is 45.8 Å². The maximum Gasteiger partial charge on any atom is 0.416 e. The van der Waals surface area contributed by atoms with E-state index in [1.807, 2.05) is 0 Å². The van der Waals surface area contributed by atoms with E-state index in [-0.39, 0.29) is 16.3 Å². The number of halogens is 7. The Hall–Kier alpha value is -3.69. The number of rotatable bonds is 10. The van der Waals surface area contributed by atoms with Gasteiger partial charge >= 0.3 is 12.4 Å². The van der Waals surface area contributed by atoms with Crippen LogP contribution in [0.2, 0.25) is 0 Å². The van der Waals surface area contributed by atoms with Crippen LogP contribution in [0, 0.1) is 12.8 Å². The molecular weight excluding hydrogens is 832 g/mol. The van der Waals surface area contributed by atoms with Crippen LogP contribution in [0.25, 0.3) is 0 Å². The fourth-order valence-corrected chi connectivity index (χ4v) is 9.06. The molecule has 0 aromatic heterocycles. The van der Waals surface area contributed by atoms with E-state index in [1.165, 1.54) is 42.5 Å². The van der Waals surface area contributed by atoms with Gasteiger partial charge in [-0.05, 0) is 79.6 Å². The smallest absolute Gasteiger partial charge is 0.416 e. The molecule has 0 spiro atoms. The molecule has 2 atom stereocenters. The van der Waals surface area contributed by atoms with Gasteiger partial charge in [-0.3, -0.25) is 13.0 Å². The molecule has 0 amide bonds. The van der Waals surface area contributed by atoms with E-state index in [9.17, 15) is 56.1 Å². The highest BCUT2D eigenvalue weighted by atomic mass is 79.9. The van der Waals surface area contributed by atoms with Crippen molar-refractivity contribution in [1.82, 2.24) is 0 Å². The molecule has 5 rings (SSSR count). The molecule has 1 unspecified atom stereocenters. The number of hydrogen-bond acceptors (Lipinski definition) is 8. The minimum atomic E-state index is -5.33. The summed E-state index contributed by atoms with van der Waals surface area (Å²) < 4.78 is 185. The third-order valence-corrected chi connectivity index (χ3v) is 12.5. The minimum absolute atomic E-state index is 0.190. The van der Waals surface area contributed by atoms with Gasteiger partial charge in [0.2, 0.25) is 0 Å². The number of ether oxygens (including phenoxy) is 1. The summed E-state index contributed by atoms with van der Waals surface area (Å²) in [6, 6.07) is 14.0. The first kappa shape index (κ1) is 39.5. The molecule has 0 bridgehead atoms. The molecule has 0 aliphatic carbocycles. The Balaban J connectivity index is 1.65. The molecule has 0 saturated heterocycles. The molecule has 20 heteroatoms.